The Hall–Kier alpha value is -2.82. The Morgan fingerprint density at radius 3 is 2.31 bits per heavy atom. The fourth-order valence-corrected chi connectivity index (χ4v) is 5.69. The predicted octanol–water partition coefficient (Wildman–Crippen LogP) is 6.94. The first kappa shape index (κ1) is 26.2. The van der Waals surface area contributed by atoms with Crippen LogP contribution in [0.15, 0.2) is 42.5 Å². The molecule has 2 aliphatic rings. The lowest BCUT2D eigenvalue weighted by Gasteiger charge is -2.38. The van der Waals surface area contributed by atoms with Gasteiger partial charge < -0.3 is 15.3 Å². The van der Waals surface area contributed by atoms with Crippen molar-refractivity contribution in [2.45, 2.75) is 90.5 Å². The van der Waals surface area contributed by atoms with Crippen molar-refractivity contribution in [3.05, 3.63) is 59.2 Å². The van der Waals surface area contributed by atoms with Gasteiger partial charge in [0.2, 0.25) is 5.91 Å². The molecule has 1 unspecified atom stereocenters. The minimum Gasteiger partial charge on any atom is -0.481 e. The van der Waals surface area contributed by atoms with E-state index in [1.807, 2.05) is 31.2 Å². The second-order valence-corrected chi connectivity index (χ2v) is 11.4. The van der Waals surface area contributed by atoms with Gasteiger partial charge in [-0.25, -0.2) is 0 Å². The molecule has 2 aromatic rings. The molecule has 0 aromatic heterocycles. The summed E-state index contributed by atoms with van der Waals surface area (Å²) in [7, 11) is 0. The molecule has 2 fully saturated rings. The van der Waals surface area contributed by atoms with Crippen LogP contribution < -0.4 is 10.2 Å². The van der Waals surface area contributed by atoms with E-state index in [9.17, 15) is 14.7 Å². The highest BCUT2D eigenvalue weighted by Gasteiger charge is 2.34. The normalized spacial score (nSPS) is 17.1. The van der Waals surface area contributed by atoms with Crippen molar-refractivity contribution in [2.75, 3.05) is 16.8 Å². The SMILES string of the molecule is Cc1ccc(CC(=O)Nc2cc(C(CC(=O)O)C3CC3)ccc2N(CC(C)C)C2CCCCC2)cc1. The molecule has 0 bridgehead atoms. The number of aryl methyl sites for hydroxylation is 1. The summed E-state index contributed by atoms with van der Waals surface area (Å²) in [5.74, 6) is 0.121. The summed E-state index contributed by atoms with van der Waals surface area (Å²) in [6.45, 7) is 7.47. The molecule has 4 rings (SSSR count). The Kier molecular flexibility index (Phi) is 8.71. The number of benzene rings is 2. The van der Waals surface area contributed by atoms with E-state index in [0.29, 0.717) is 24.3 Å². The lowest BCUT2D eigenvalue weighted by molar-refractivity contribution is -0.137. The standard InChI is InChI=1S/C31H42N2O3/c1-21(2)20-33(26-7-5-4-6-8-26)29-16-15-25(27(19-31(35)36)24-13-14-24)18-28(29)32-30(34)17-23-11-9-22(3)10-12-23/h9-12,15-16,18,21,24,26-27H,4-8,13-14,17,19-20H2,1-3H3,(H,32,34)(H,35,36). The van der Waals surface area contributed by atoms with E-state index in [1.54, 1.807) is 0 Å². The van der Waals surface area contributed by atoms with Crippen molar-refractivity contribution in [1.29, 1.82) is 0 Å². The summed E-state index contributed by atoms with van der Waals surface area (Å²) in [4.78, 5) is 27.4. The van der Waals surface area contributed by atoms with Gasteiger partial charge in [-0.15, -0.1) is 0 Å². The Morgan fingerprint density at radius 2 is 1.69 bits per heavy atom. The fourth-order valence-electron chi connectivity index (χ4n) is 5.69. The van der Waals surface area contributed by atoms with Crippen LogP contribution in [0, 0.1) is 18.8 Å². The van der Waals surface area contributed by atoms with Crippen LogP contribution in [-0.4, -0.2) is 29.6 Å². The van der Waals surface area contributed by atoms with E-state index < -0.39 is 5.97 Å². The first-order valence-electron chi connectivity index (χ1n) is 13.8. The molecule has 0 aliphatic heterocycles. The van der Waals surface area contributed by atoms with Crippen molar-refractivity contribution >= 4 is 23.3 Å². The number of rotatable bonds is 11. The molecule has 5 nitrogen and oxygen atoms in total. The van der Waals surface area contributed by atoms with E-state index in [-0.39, 0.29) is 18.2 Å². The van der Waals surface area contributed by atoms with Crippen molar-refractivity contribution in [3.63, 3.8) is 0 Å². The molecule has 5 heteroatoms. The van der Waals surface area contributed by atoms with Crippen LogP contribution in [0.1, 0.15) is 87.8 Å². The Bertz CT molecular complexity index is 1040. The molecule has 2 aromatic carbocycles. The number of hydrogen-bond donors (Lipinski definition) is 2. The average molecular weight is 491 g/mol. The molecule has 0 saturated heterocycles. The number of carboxylic acid groups (broad SMARTS) is 1. The number of anilines is 2. The molecule has 194 valence electrons. The third-order valence-corrected chi connectivity index (χ3v) is 7.68. The van der Waals surface area contributed by atoms with Crippen LogP contribution in [0.2, 0.25) is 0 Å². The van der Waals surface area contributed by atoms with Gasteiger partial charge in [0.25, 0.3) is 0 Å². The largest absolute Gasteiger partial charge is 0.481 e. The molecule has 2 N–H and O–H groups in total. The molecule has 0 spiro atoms. The predicted molar refractivity (Wildman–Crippen MR) is 147 cm³/mol. The Balaban J connectivity index is 1.67. The van der Waals surface area contributed by atoms with E-state index in [1.165, 1.54) is 37.7 Å². The minimum atomic E-state index is -0.760. The van der Waals surface area contributed by atoms with Gasteiger partial charge in [-0.3, -0.25) is 9.59 Å². The maximum atomic E-state index is 13.2. The summed E-state index contributed by atoms with van der Waals surface area (Å²) in [6, 6.07) is 14.9. The maximum absolute atomic E-state index is 13.2. The molecular formula is C31H42N2O3. The number of aliphatic carboxylic acids is 1. The monoisotopic (exact) mass is 490 g/mol. The topological polar surface area (TPSA) is 69.6 Å². The van der Waals surface area contributed by atoms with Gasteiger partial charge in [0.1, 0.15) is 0 Å². The summed E-state index contributed by atoms with van der Waals surface area (Å²) in [6.07, 6.45) is 8.75. The van der Waals surface area contributed by atoms with Crippen LogP contribution in [0.4, 0.5) is 11.4 Å². The summed E-state index contributed by atoms with van der Waals surface area (Å²) < 4.78 is 0. The van der Waals surface area contributed by atoms with E-state index >= 15 is 0 Å². The highest BCUT2D eigenvalue weighted by molar-refractivity contribution is 5.96. The average Bonchev–Trinajstić information content (AvgIpc) is 3.68. The van der Waals surface area contributed by atoms with Crippen molar-refractivity contribution in [3.8, 4) is 0 Å². The Morgan fingerprint density at radius 1 is 1.00 bits per heavy atom. The number of carbonyl (C=O) groups is 2. The van der Waals surface area contributed by atoms with Gasteiger partial charge >= 0.3 is 5.97 Å². The van der Waals surface area contributed by atoms with E-state index in [0.717, 1.165) is 41.9 Å². The fraction of sp³-hybridized carbons (Fsp3) is 0.548. The number of carbonyl (C=O) groups excluding carboxylic acids is 1. The second-order valence-electron chi connectivity index (χ2n) is 11.4. The maximum Gasteiger partial charge on any atom is 0.303 e. The van der Waals surface area contributed by atoms with Gasteiger partial charge in [0, 0.05) is 12.6 Å². The summed E-state index contributed by atoms with van der Waals surface area (Å²) in [5.41, 5.74) is 5.09. The smallest absolute Gasteiger partial charge is 0.303 e. The third kappa shape index (κ3) is 7.11. The molecule has 2 aliphatic carbocycles. The van der Waals surface area contributed by atoms with Crippen LogP contribution >= 0.6 is 0 Å². The second kappa shape index (κ2) is 11.9. The van der Waals surface area contributed by atoms with Gasteiger partial charge in [0.15, 0.2) is 0 Å². The first-order valence-corrected chi connectivity index (χ1v) is 13.8. The number of nitrogens with zero attached hydrogens (tertiary/aromatic N) is 1. The summed E-state index contributed by atoms with van der Waals surface area (Å²) in [5, 5.41) is 12.8. The van der Waals surface area contributed by atoms with Gasteiger partial charge in [-0.2, -0.15) is 0 Å². The zero-order valence-corrected chi connectivity index (χ0v) is 22.1. The van der Waals surface area contributed by atoms with Crippen molar-refractivity contribution in [1.82, 2.24) is 0 Å². The van der Waals surface area contributed by atoms with E-state index in [2.05, 4.69) is 42.3 Å². The summed E-state index contributed by atoms with van der Waals surface area (Å²) >= 11 is 0. The zero-order valence-electron chi connectivity index (χ0n) is 22.1. The van der Waals surface area contributed by atoms with Crippen LogP contribution in [0.25, 0.3) is 0 Å². The number of nitrogens with one attached hydrogen (secondary N) is 1. The third-order valence-electron chi connectivity index (χ3n) is 7.68. The molecule has 36 heavy (non-hydrogen) atoms. The number of hydrogen-bond acceptors (Lipinski definition) is 3. The first-order chi connectivity index (χ1) is 17.3. The van der Waals surface area contributed by atoms with Crippen molar-refractivity contribution in [2.24, 2.45) is 11.8 Å². The lowest BCUT2D eigenvalue weighted by Crippen LogP contribution is -2.40. The quantitative estimate of drug-likeness (QED) is 0.358. The van der Waals surface area contributed by atoms with Gasteiger partial charge in [0.05, 0.1) is 24.2 Å². The molecule has 0 radical (unpaired) electrons. The molecule has 1 atom stereocenters. The van der Waals surface area contributed by atoms with Crippen LogP contribution in [-0.2, 0) is 16.0 Å². The highest BCUT2D eigenvalue weighted by atomic mass is 16.4. The lowest BCUT2D eigenvalue weighted by atomic mass is 9.89. The number of carboxylic acids is 1. The zero-order chi connectivity index (χ0) is 25.7. The molecule has 1 amide bonds. The minimum absolute atomic E-state index is 0.00229. The highest BCUT2D eigenvalue weighted by Crippen LogP contribution is 2.46. The van der Waals surface area contributed by atoms with Gasteiger partial charge in [-0.05, 0) is 73.6 Å². The van der Waals surface area contributed by atoms with Gasteiger partial charge in [-0.1, -0.05) is 69.0 Å². The molecule has 2 saturated carbocycles. The van der Waals surface area contributed by atoms with Crippen LogP contribution in [0.5, 0.6) is 0 Å². The molecule has 0 heterocycles. The Labute approximate surface area is 216 Å². The van der Waals surface area contributed by atoms with E-state index in [4.69, 9.17) is 0 Å². The van der Waals surface area contributed by atoms with Crippen molar-refractivity contribution < 1.29 is 14.7 Å². The van der Waals surface area contributed by atoms with Crippen LogP contribution in [0.3, 0.4) is 0 Å². The number of amides is 1. The molecular weight excluding hydrogens is 448 g/mol.